The number of hydrogen-bond donors (Lipinski definition) is 1. The fourth-order valence-electron chi connectivity index (χ4n) is 1.90. The van der Waals surface area contributed by atoms with E-state index in [9.17, 15) is 0 Å². The summed E-state index contributed by atoms with van der Waals surface area (Å²) < 4.78 is 0. The molecular weight excluding hydrogens is 196 g/mol. The van der Waals surface area contributed by atoms with E-state index in [-0.39, 0.29) is 6.04 Å². The Labute approximate surface area is 96.5 Å². The molecule has 1 aromatic heterocycles. The van der Waals surface area contributed by atoms with Crippen LogP contribution in [0.4, 0.5) is 0 Å². The van der Waals surface area contributed by atoms with E-state index < -0.39 is 0 Å². The van der Waals surface area contributed by atoms with Gasteiger partial charge in [-0.15, -0.1) is 0 Å². The van der Waals surface area contributed by atoms with Crippen LogP contribution in [0.15, 0.2) is 30.3 Å². The van der Waals surface area contributed by atoms with Gasteiger partial charge in [0.25, 0.3) is 0 Å². The van der Waals surface area contributed by atoms with Crippen LogP contribution < -0.4 is 5.73 Å². The van der Waals surface area contributed by atoms with E-state index in [2.05, 4.69) is 31.0 Å². The van der Waals surface area contributed by atoms with E-state index in [4.69, 9.17) is 5.73 Å². The molecule has 2 heteroatoms. The second kappa shape index (κ2) is 4.22. The highest BCUT2D eigenvalue weighted by Gasteiger charge is 2.10. The molecule has 1 unspecified atom stereocenters. The normalized spacial score (nSPS) is 13.3. The van der Waals surface area contributed by atoms with E-state index in [1.165, 1.54) is 10.9 Å². The number of hydrogen-bond acceptors (Lipinski definition) is 2. The highest BCUT2D eigenvalue weighted by Crippen LogP contribution is 2.25. The van der Waals surface area contributed by atoms with E-state index in [0.717, 1.165) is 11.2 Å². The van der Waals surface area contributed by atoms with Crippen molar-refractivity contribution in [1.82, 2.24) is 4.98 Å². The van der Waals surface area contributed by atoms with Crippen molar-refractivity contribution in [2.24, 2.45) is 5.73 Å². The van der Waals surface area contributed by atoms with Crippen molar-refractivity contribution in [3.8, 4) is 0 Å². The molecule has 0 saturated heterocycles. The topological polar surface area (TPSA) is 38.9 Å². The maximum atomic E-state index is 6.02. The molecule has 0 aliphatic heterocycles. The SMILES string of the molecule is CC(C)c1cc(C(C)N)c2ccccc2n1. The quantitative estimate of drug-likeness (QED) is 0.832. The molecule has 84 valence electrons. The second-order valence-electron chi connectivity index (χ2n) is 4.60. The largest absolute Gasteiger partial charge is 0.324 e. The highest BCUT2D eigenvalue weighted by molar-refractivity contribution is 5.82. The van der Waals surface area contributed by atoms with Crippen LogP contribution in [0.1, 0.15) is 44.0 Å². The van der Waals surface area contributed by atoms with Gasteiger partial charge in [-0.2, -0.15) is 0 Å². The van der Waals surface area contributed by atoms with Gasteiger partial charge in [0.1, 0.15) is 0 Å². The Balaban J connectivity index is 2.74. The fourth-order valence-corrected chi connectivity index (χ4v) is 1.90. The maximum Gasteiger partial charge on any atom is 0.0708 e. The summed E-state index contributed by atoms with van der Waals surface area (Å²) in [6.45, 7) is 6.33. The highest BCUT2D eigenvalue weighted by atomic mass is 14.7. The number of aromatic nitrogens is 1. The summed E-state index contributed by atoms with van der Waals surface area (Å²) >= 11 is 0. The van der Waals surface area contributed by atoms with Crippen LogP contribution in [0.5, 0.6) is 0 Å². The van der Waals surface area contributed by atoms with Crippen molar-refractivity contribution in [2.75, 3.05) is 0 Å². The Kier molecular flexibility index (Phi) is 2.92. The summed E-state index contributed by atoms with van der Waals surface area (Å²) in [6.07, 6.45) is 0. The van der Waals surface area contributed by atoms with Gasteiger partial charge in [0, 0.05) is 17.1 Å². The van der Waals surface area contributed by atoms with Crippen LogP contribution in [-0.2, 0) is 0 Å². The summed E-state index contributed by atoms with van der Waals surface area (Å²) in [5.41, 5.74) is 9.37. The van der Waals surface area contributed by atoms with Crippen LogP contribution in [0.3, 0.4) is 0 Å². The zero-order valence-electron chi connectivity index (χ0n) is 10.1. The molecule has 1 heterocycles. The third-order valence-electron chi connectivity index (χ3n) is 2.85. The first-order valence-electron chi connectivity index (χ1n) is 5.74. The molecule has 0 fully saturated rings. The third-order valence-corrected chi connectivity index (χ3v) is 2.85. The van der Waals surface area contributed by atoms with Crippen LogP contribution in [0, 0.1) is 0 Å². The second-order valence-corrected chi connectivity index (χ2v) is 4.60. The standard InChI is InChI=1S/C14H18N2/c1-9(2)14-8-12(10(3)15)11-6-4-5-7-13(11)16-14/h4-10H,15H2,1-3H3. The summed E-state index contributed by atoms with van der Waals surface area (Å²) in [6, 6.07) is 10.4. The van der Waals surface area contributed by atoms with Crippen molar-refractivity contribution >= 4 is 10.9 Å². The summed E-state index contributed by atoms with van der Waals surface area (Å²) in [5, 5.41) is 1.17. The lowest BCUT2D eigenvalue weighted by Crippen LogP contribution is -2.08. The van der Waals surface area contributed by atoms with Crippen molar-refractivity contribution in [1.29, 1.82) is 0 Å². The first-order chi connectivity index (χ1) is 7.59. The van der Waals surface area contributed by atoms with E-state index in [0.29, 0.717) is 5.92 Å². The van der Waals surface area contributed by atoms with Gasteiger partial charge >= 0.3 is 0 Å². The minimum atomic E-state index is 0.0467. The summed E-state index contributed by atoms with van der Waals surface area (Å²) in [7, 11) is 0. The first-order valence-corrected chi connectivity index (χ1v) is 5.74. The number of rotatable bonds is 2. The predicted octanol–water partition coefficient (Wildman–Crippen LogP) is 3.38. The predicted molar refractivity (Wildman–Crippen MR) is 68.4 cm³/mol. The Morgan fingerprint density at radius 1 is 1.12 bits per heavy atom. The Hall–Kier alpha value is -1.41. The third kappa shape index (κ3) is 1.93. The average molecular weight is 214 g/mol. The van der Waals surface area contributed by atoms with Gasteiger partial charge < -0.3 is 5.73 Å². The smallest absolute Gasteiger partial charge is 0.0708 e. The molecule has 2 aromatic rings. The zero-order chi connectivity index (χ0) is 11.7. The van der Waals surface area contributed by atoms with E-state index in [1.807, 2.05) is 25.1 Å². The van der Waals surface area contributed by atoms with Crippen molar-refractivity contribution in [2.45, 2.75) is 32.7 Å². The van der Waals surface area contributed by atoms with Gasteiger partial charge in [-0.25, -0.2) is 0 Å². The van der Waals surface area contributed by atoms with Crippen molar-refractivity contribution in [3.05, 3.63) is 41.6 Å². The number of nitrogens with two attached hydrogens (primary N) is 1. The van der Waals surface area contributed by atoms with Crippen molar-refractivity contribution in [3.63, 3.8) is 0 Å². The van der Waals surface area contributed by atoms with Crippen molar-refractivity contribution < 1.29 is 0 Å². The Morgan fingerprint density at radius 2 is 1.81 bits per heavy atom. The van der Waals surface area contributed by atoms with Crippen LogP contribution in [0.2, 0.25) is 0 Å². The molecule has 2 rings (SSSR count). The molecule has 2 nitrogen and oxygen atoms in total. The van der Waals surface area contributed by atoms with Gasteiger partial charge in [0.15, 0.2) is 0 Å². The van der Waals surface area contributed by atoms with Crippen LogP contribution >= 0.6 is 0 Å². The molecule has 1 aromatic carbocycles. The summed E-state index contributed by atoms with van der Waals surface area (Å²) in [5.74, 6) is 0.433. The van der Waals surface area contributed by atoms with Gasteiger partial charge in [-0.1, -0.05) is 32.0 Å². The molecule has 0 bridgehead atoms. The van der Waals surface area contributed by atoms with E-state index >= 15 is 0 Å². The molecule has 0 aliphatic rings. The van der Waals surface area contributed by atoms with Gasteiger partial charge in [-0.3, -0.25) is 4.98 Å². The van der Waals surface area contributed by atoms with Gasteiger partial charge in [0.05, 0.1) is 5.52 Å². The number of pyridine rings is 1. The molecule has 0 radical (unpaired) electrons. The monoisotopic (exact) mass is 214 g/mol. The maximum absolute atomic E-state index is 6.02. The molecule has 0 amide bonds. The lowest BCUT2D eigenvalue weighted by Gasteiger charge is -2.13. The number of benzene rings is 1. The Morgan fingerprint density at radius 3 is 2.44 bits per heavy atom. The first kappa shape index (κ1) is 11.1. The zero-order valence-corrected chi connectivity index (χ0v) is 10.1. The molecule has 2 N–H and O–H groups in total. The molecule has 0 saturated carbocycles. The number of nitrogens with zero attached hydrogens (tertiary/aromatic N) is 1. The minimum Gasteiger partial charge on any atom is -0.324 e. The minimum absolute atomic E-state index is 0.0467. The molecular formula is C14H18N2. The lowest BCUT2D eigenvalue weighted by atomic mass is 9.99. The fraction of sp³-hybridized carbons (Fsp3) is 0.357. The molecule has 1 atom stereocenters. The molecule has 0 spiro atoms. The summed E-state index contributed by atoms with van der Waals surface area (Å²) in [4.78, 5) is 4.66. The average Bonchev–Trinajstić information content (AvgIpc) is 2.27. The van der Waals surface area contributed by atoms with Crippen LogP contribution in [-0.4, -0.2) is 4.98 Å². The van der Waals surface area contributed by atoms with Crippen LogP contribution in [0.25, 0.3) is 10.9 Å². The molecule has 0 aliphatic carbocycles. The van der Waals surface area contributed by atoms with E-state index in [1.54, 1.807) is 0 Å². The number of para-hydroxylation sites is 1. The molecule has 16 heavy (non-hydrogen) atoms. The lowest BCUT2D eigenvalue weighted by molar-refractivity contribution is 0.794. The van der Waals surface area contributed by atoms with Gasteiger partial charge in [-0.05, 0) is 30.5 Å². The Bertz CT molecular complexity index is 501. The number of fused-ring (bicyclic) bond motifs is 1. The van der Waals surface area contributed by atoms with Gasteiger partial charge in [0.2, 0.25) is 0 Å².